The average Bonchev–Trinajstić information content (AvgIpc) is 3.13. The fourth-order valence-corrected chi connectivity index (χ4v) is 4.79. The highest BCUT2D eigenvalue weighted by molar-refractivity contribution is 7.92. The second kappa shape index (κ2) is 9.64. The van der Waals surface area contributed by atoms with Gasteiger partial charge < -0.3 is 10.2 Å². The molecule has 1 N–H and O–H groups in total. The van der Waals surface area contributed by atoms with Crippen LogP contribution in [0.2, 0.25) is 0 Å². The maximum Gasteiger partial charge on any atom is 0.243 e. The summed E-state index contributed by atoms with van der Waals surface area (Å²) in [6, 6.07) is 8.87. The van der Waals surface area contributed by atoms with Gasteiger partial charge in [0.1, 0.15) is 6.04 Å². The predicted molar refractivity (Wildman–Crippen MR) is 116 cm³/mol. The topological polar surface area (TPSA) is 86.8 Å². The lowest BCUT2D eigenvalue weighted by molar-refractivity contribution is -0.128. The molecule has 10 heteroatoms. The number of anilines is 1. The van der Waals surface area contributed by atoms with Crippen LogP contribution in [-0.2, 0) is 32.7 Å². The number of halogens is 2. The molecule has 2 aromatic carbocycles. The summed E-state index contributed by atoms with van der Waals surface area (Å²) in [6.07, 6.45) is 2.34. The Morgan fingerprint density at radius 1 is 1.12 bits per heavy atom. The van der Waals surface area contributed by atoms with Gasteiger partial charge in [0, 0.05) is 32.1 Å². The lowest BCUT2D eigenvalue weighted by atomic mass is 10.1. The van der Waals surface area contributed by atoms with Crippen LogP contribution in [0, 0.1) is 11.6 Å². The summed E-state index contributed by atoms with van der Waals surface area (Å²) in [5.74, 6) is -2.77. The van der Waals surface area contributed by atoms with Crippen molar-refractivity contribution in [2.75, 3.05) is 17.1 Å². The number of carbonyl (C=O) groups is 2. The predicted octanol–water partition coefficient (Wildman–Crippen LogP) is 2.56. The van der Waals surface area contributed by atoms with Crippen molar-refractivity contribution in [2.45, 2.75) is 38.9 Å². The molecule has 7 nitrogen and oxygen atoms in total. The molecule has 3 rings (SSSR count). The zero-order valence-corrected chi connectivity index (χ0v) is 18.7. The van der Waals surface area contributed by atoms with Crippen molar-refractivity contribution >= 4 is 27.5 Å². The van der Waals surface area contributed by atoms with Gasteiger partial charge in [-0.3, -0.25) is 13.9 Å². The molecular formula is C22H25F2N3O4S. The molecule has 2 amide bonds. The molecule has 1 fully saturated rings. The Bertz CT molecular complexity index is 1110. The first-order valence-corrected chi connectivity index (χ1v) is 12.0. The Morgan fingerprint density at radius 3 is 2.34 bits per heavy atom. The number of sulfonamides is 1. The summed E-state index contributed by atoms with van der Waals surface area (Å²) >= 11 is 0. The summed E-state index contributed by atoms with van der Waals surface area (Å²) in [5.41, 5.74) is 1.63. The molecule has 0 aliphatic carbocycles. The Kier molecular flexibility index (Phi) is 7.12. The largest absolute Gasteiger partial charge is 0.350 e. The highest BCUT2D eigenvalue weighted by Crippen LogP contribution is 2.23. The third-order valence-electron chi connectivity index (χ3n) is 5.28. The van der Waals surface area contributed by atoms with Crippen LogP contribution in [-0.4, -0.2) is 44.0 Å². The van der Waals surface area contributed by atoms with Gasteiger partial charge in [-0.25, -0.2) is 17.2 Å². The number of nitrogens with zero attached hydrogens (tertiary/aromatic N) is 2. The minimum atomic E-state index is -3.95. The number of carbonyl (C=O) groups excluding carboxylic acids is 2. The first kappa shape index (κ1) is 23.6. The second-order valence-corrected chi connectivity index (χ2v) is 9.65. The Labute approximate surface area is 186 Å². The van der Waals surface area contributed by atoms with Gasteiger partial charge in [-0.1, -0.05) is 24.3 Å². The molecular weight excluding hydrogens is 440 g/mol. The quantitative estimate of drug-likeness (QED) is 0.649. The van der Waals surface area contributed by atoms with E-state index in [0.717, 1.165) is 52.9 Å². The van der Waals surface area contributed by atoms with E-state index in [4.69, 9.17) is 0 Å². The molecule has 0 saturated carbocycles. The molecule has 0 bridgehead atoms. The summed E-state index contributed by atoms with van der Waals surface area (Å²) in [7, 11) is -3.95. The van der Waals surface area contributed by atoms with Gasteiger partial charge >= 0.3 is 0 Å². The summed E-state index contributed by atoms with van der Waals surface area (Å²) < 4.78 is 52.1. The van der Waals surface area contributed by atoms with E-state index in [9.17, 15) is 26.8 Å². The lowest BCUT2D eigenvalue weighted by Crippen LogP contribution is -2.47. The van der Waals surface area contributed by atoms with E-state index in [1.807, 2.05) is 24.3 Å². The highest BCUT2D eigenvalue weighted by atomic mass is 32.2. The van der Waals surface area contributed by atoms with E-state index in [1.54, 1.807) is 4.90 Å². The molecule has 32 heavy (non-hydrogen) atoms. The van der Waals surface area contributed by atoms with Crippen molar-refractivity contribution < 1.29 is 26.8 Å². The van der Waals surface area contributed by atoms with Gasteiger partial charge in [-0.2, -0.15) is 0 Å². The number of likely N-dealkylation sites (tertiary alicyclic amines) is 1. The van der Waals surface area contributed by atoms with Crippen LogP contribution in [0.15, 0.2) is 42.5 Å². The Morgan fingerprint density at radius 2 is 1.78 bits per heavy atom. The van der Waals surface area contributed by atoms with Crippen LogP contribution in [0.1, 0.15) is 30.9 Å². The molecule has 1 atom stereocenters. The third-order valence-corrected chi connectivity index (χ3v) is 6.52. The highest BCUT2D eigenvalue weighted by Gasteiger charge is 2.29. The van der Waals surface area contributed by atoms with Gasteiger partial charge in [-0.15, -0.1) is 0 Å². The number of hydrogen-bond donors (Lipinski definition) is 1. The van der Waals surface area contributed by atoms with Crippen LogP contribution >= 0.6 is 0 Å². The number of benzene rings is 2. The monoisotopic (exact) mass is 465 g/mol. The average molecular weight is 466 g/mol. The summed E-state index contributed by atoms with van der Waals surface area (Å²) in [6.45, 7) is 2.82. The maximum atomic E-state index is 13.6. The number of hydrogen-bond acceptors (Lipinski definition) is 4. The number of rotatable bonds is 8. The molecule has 1 aliphatic heterocycles. The van der Waals surface area contributed by atoms with Crippen molar-refractivity contribution in [1.82, 2.24) is 10.2 Å². The molecule has 2 aromatic rings. The SMILES string of the molecule is C[C@H](C(=O)NCc1ccc(CN2CCCC2=O)cc1)N(c1ccc(F)c(F)c1)S(C)(=O)=O. The standard InChI is InChI=1S/C22H25F2N3O4S/c1-15(27(32(2,30)31)18-9-10-19(23)20(24)12-18)22(29)25-13-16-5-7-17(8-6-16)14-26-11-3-4-21(26)28/h5-10,12,15H,3-4,11,13-14H2,1-2H3,(H,25,29)/t15-/m1/s1. The normalized spacial score (nSPS) is 15.0. The Hall–Kier alpha value is -3.01. The molecule has 0 spiro atoms. The number of amides is 2. The van der Waals surface area contributed by atoms with Gasteiger partial charge in [0.25, 0.3) is 0 Å². The minimum Gasteiger partial charge on any atom is -0.350 e. The van der Waals surface area contributed by atoms with E-state index < -0.39 is 33.6 Å². The van der Waals surface area contributed by atoms with Gasteiger partial charge in [-0.05, 0) is 36.6 Å². The summed E-state index contributed by atoms with van der Waals surface area (Å²) in [4.78, 5) is 26.2. The van der Waals surface area contributed by atoms with Crippen LogP contribution in [0.3, 0.4) is 0 Å². The Balaban J connectivity index is 1.64. The van der Waals surface area contributed by atoms with E-state index in [1.165, 1.54) is 6.92 Å². The first-order valence-electron chi connectivity index (χ1n) is 10.1. The van der Waals surface area contributed by atoms with Crippen LogP contribution in [0.25, 0.3) is 0 Å². The maximum absolute atomic E-state index is 13.6. The molecule has 0 unspecified atom stereocenters. The zero-order chi connectivity index (χ0) is 23.5. The molecule has 1 saturated heterocycles. The van der Waals surface area contributed by atoms with Gasteiger partial charge in [0.15, 0.2) is 11.6 Å². The first-order chi connectivity index (χ1) is 15.1. The number of nitrogens with one attached hydrogen (secondary N) is 1. The van der Waals surface area contributed by atoms with Crippen LogP contribution in [0.5, 0.6) is 0 Å². The van der Waals surface area contributed by atoms with Gasteiger partial charge in [0.05, 0.1) is 11.9 Å². The summed E-state index contributed by atoms with van der Waals surface area (Å²) in [5, 5.41) is 2.67. The fraction of sp³-hybridized carbons (Fsp3) is 0.364. The minimum absolute atomic E-state index is 0.144. The van der Waals surface area contributed by atoms with Gasteiger partial charge in [0.2, 0.25) is 21.8 Å². The van der Waals surface area contributed by atoms with Crippen LogP contribution in [0.4, 0.5) is 14.5 Å². The molecule has 1 aliphatic rings. The second-order valence-electron chi connectivity index (χ2n) is 7.79. The van der Waals surface area contributed by atoms with Crippen molar-refractivity contribution in [3.05, 3.63) is 65.2 Å². The lowest BCUT2D eigenvalue weighted by Gasteiger charge is -2.28. The van der Waals surface area contributed by atoms with Crippen molar-refractivity contribution in [3.8, 4) is 0 Å². The van der Waals surface area contributed by atoms with E-state index in [2.05, 4.69) is 5.32 Å². The molecule has 172 valence electrons. The van der Waals surface area contributed by atoms with E-state index >= 15 is 0 Å². The van der Waals surface area contributed by atoms with Crippen molar-refractivity contribution in [1.29, 1.82) is 0 Å². The smallest absolute Gasteiger partial charge is 0.243 e. The molecule has 0 aromatic heterocycles. The van der Waals surface area contributed by atoms with E-state index in [0.29, 0.717) is 13.0 Å². The van der Waals surface area contributed by atoms with Crippen molar-refractivity contribution in [2.24, 2.45) is 0 Å². The van der Waals surface area contributed by atoms with E-state index in [-0.39, 0.29) is 18.1 Å². The molecule has 0 radical (unpaired) electrons. The van der Waals surface area contributed by atoms with Crippen LogP contribution < -0.4 is 9.62 Å². The third kappa shape index (κ3) is 5.61. The molecule has 1 heterocycles. The fourth-order valence-electron chi connectivity index (χ4n) is 3.62. The zero-order valence-electron chi connectivity index (χ0n) is 17.8. The van der Waals surface area contributed by atoms with Crippen molar-refractivity contribution in [3.63, 3.8) is 0 Å².